The molecule has 0 amide bonds. The average molecular weight is 291 g/mol. The number of β-amino-alcohol motifs (C(OH)–C–C–N with tert-alkyl or cyclic N) is 1. The topological polar surface area (TPSA) is 49.2 Å². The maximum atomic E-state index is 13.4. The van der Waals surface area contributed by atoms with Crippen molar-refractivity contribution >= 4 is 0 Å². The van der Waals surface area contributed by atoms with Gasteiger partial charge in [-0.3, -0.25) is 4.90 Å². The molecule has 1 fully saturated rings. The second-order valence-corrected chi connectivity index (χ2v) is 5.26. The molecule has 0 aliphatic carbocycles. The molecule has 2 heterocycles. The molecule has 0 bridgehead atoms. The van der Waals surface area contributed by atoms with E-state index in [-0.39, 0.29) is 6.04 Å². The zero-order valence-corrected chi connectivity index (χ0v) is 11.3. The van der Waals surface area contributed by atoms with E-state index in [2.05, 4.69) is 9.97 Å². The van der Waals surface area contributed by atoms with E-state index in [0.29, 0.717) is 25.1 Å². The molecule has 21 heavy (non-hydrogen) atoms. The summed E-state index contributed by atoms with van der Waals surface area (Å²) >= 11 is 0. The highest BCUT2D eigenvalue weighted by Gasteiger charge is 2.32. The SMILES string of the molecule is OC1CC(c2ccc(F)c(F)c2)N(Cc2cncnc2)C1. The van der Waals surface area contributed by atoms with Crippen LogP contribution in [-0.2, 0) is 6.54 Å². The molecule has 1 aliphatic rings. The first-order valence-corrected chi connectivity index (χ1v) is 6.74. The van der Waals surface area contributed by atoms with E-state index in [9.17, 15) is 13.9 Å². The predicted octanol–water partition coefficient (Wildman–Crippen LogP) is 2.06. The molecule has 3 rings (SSSR count). The standard InChI is InChI=1S/C15H15F2N3O/c16-13-2-1-11(3-14(13)17)15-4-12(21)8-20(15)7-10-5-18-9-19-6-10/h1-3,5-6,9,12,15,21H,4,7-8H2. The van der Waals surface area contributed by atoms with Crippen LogP contribution in [0.3, 0.4) is 0 Å². The van der Waals surface area contributed by atoms with Gasteiger partial charge in [0.25, 0.3) is 0 Å². The average Bonchev–Trinajstić information content (AvgIpc) is 2.84. The normalized spacial score (nSPS) is 22.6. The van der Waals surface area contributed by atoms with Crippen molar-refractivity contribution < 1.29 is 13.9 Å². The second-order valence-electron chi connectivity index (χ2n) is 5.26. The number of hydrogen-bond donors (Lipinski definition) is 1. The van der Waals surface area contributed by atoms with Crippen LogP contribution in [0.2, 0.25) is 0 Å². The minimum atomic E-state index is -0.864. The molecule has 1 aliphatic heterocycles. The fraction of sp³-hybridized carbons (Fsp3) is 0.333. The monoisotopic (exact) mass is 291 g/mol. The molecule has 1 aromatic carbocycles. The van der Waals surface area contributed by atoms with Crippen LogP contribution in [-0.4, -0.2) is 32.6 Å². The van der Waals surface area contributed by atoms with Gasteiger partial charge in [0, 0.05) is 37.1 Å². The van der Waals surface area contributed by atoms with Crippen molar-refractivity contribution in [1.29, 1.82) is 0 Å². The summed E-state index contributed by atoms with van der Waals surface area (Å²) in [6, 6.07) is 3.75. The Hall–Kier alpha value is -1.92. The summed E-state index contributed by atoms with van der Waals surface area (Å²) in [6.07, 6.45) is 4.89. The quantitative estimate of drug-likeness (QED) is 0.940. The highest BCUT2D eigenvalue weighted by Crippen LogP contribution is 2.33. The fourth-order valence-electron chi connectivity index (χ4n) is 2.77. The van der Waals surface area contributed by atoms with Gasteiger partial charge in [-0.1, -0.05) is 6.07 Å². The number of benzene rings is 1. The number of hydrogen-bond acceptors (Lipinski definition) is 4. The Labute approximate surface area is 121 Å². The van der Waals surface area contributed by atoms with Gasteiger partial charge in [0.1, 0.15) is 6.33 Å². The third-order valence-corrected chi connectivity index (χ3v) is 3.71. The van der Waals surface area contributed by atoms with E-state index in [1.54, 1.807) is 18.5 Å². The molecule has 6 heteroatoms. The molecule has 110 valence electrons. The smallest absolute Gasteiger partial charge is 0.159 e. The lowest BCUT2D eigenvalue weighted by molar-refractivity contribution is 0.172. The Morgan fingerprint density at radius 3 is 2.67 bits per heavy atom. The van der Waals surface area contributed by atoms with Gasteiger partial charge in [-0.25, -0.2) is 18.7 Å². The molecule has 1 aromatic heterocycles. The first kappa shape index (κ1) is 14.0. The molecule has 4 nitrogen and oxygen atoms in total. The largest absolute Gasteiger partial charge is 0.392 e. The lowest BCUT2D eigenvalue weighted by atomic mass is 10.0. The summed E-state index contributed by atoms with van der Waals surface area (Å²) in [5, 5.41) is 9.89. The number of aliphatic hydroxyl groups is 1. The minimum absolute atomic E-state index is 0.143. The summed E-state index contributed by atoms with van der Waals surface area (Å²) in [6.45, 7) is 1.04. The number of aromatic nitrogens is 2. The van der Waals surface area contributed by atoms with E-state index in [0.717, 1.165) is 11.6 Å². The summed E-state index contributed by atoms with van der Waals surface area (Å²) in [5.41, 5.74) is 1.58. The summed E-state index contributed by atoms with van der Waals surface area (Å²) in [5.74, 6) is -1.72. The van der Waals surface area contributed by atoms with Crippen molar-refractivity contribution in [2.24, 2.45) is 0 Å². The number of likely N-dealkylation sites (tertiary alicyclic amines) is 1. The van der Waals surface area contributed by atoms with Crippen LogP contribution in [0.1, 0.15) is 23.6 Å². The number of nitrogens with zero attached hydrogens (tertiary/aromatic N) is 3. The Bertz CT molecular complexity index is 624. The second kappa shape index (κ2) is 5.83. The lowest BCUT2D eigenvalue weighted by Gasteiger charge is -2.24. The molecule has 2 atom stereocenters. The third-order valence-electron chi connectivity index (χ3n) is 3.71. The molecule has 0 spiro atoms. The summed E-state index contributed by atoms with van der Waals surface area (Å²) < 4.78 is 26.5. The van der Waals surface area contributed by atoms with E-state index in [1.807, 2.05) is 4.90 Å². The van der Waals surface area contributed by atoms with Crippen molar-refractivity contribution in [3.05, 3.63) is 59.7 Å². The van der Waals surface area contributed by atoms with Crippen LogP contribution in [0.15, 0.2) is 36.9 Å². The van der Waals surface area contributed by atoms with Crippen LogP contribution in [0.5, 0.6) is 0 Å². The van der Waals surface area contributed by atoms with E-state index >= 15 is 0 Å². The Kier molecular flexibility index (Phi) is 3.90. The van der Waals surface area contributed by atoms with Gasteiger partial charge in [-0.05, 0) is 24.1 Å². The molecule has 2 unspecified atom stereocenters. The van der Waals surface area contributed by atoms with Gasteiger partial charge < -0.3 is 5.11 Å². The first-order valence-electron chi connectivity index (χ1n) is 6.74. The van der Waals surface area contributed by atoms with Crippen LogP contribution < -0.4 is 0 Å². The van der Waals surface area contributed by atoms with Crippen molar-refractivity contribution in [3.63, 3.8) is 0 Å². The van der Waals surface area contributed by atoms with Gasteiger partial charge in [0.05, 0.1) is 6.10 Å². The van der Waals surface area contributed by atoms with Gasteiger partial charge in [-0.2, -0.15) is 0 Å². The molecule has 1 N–H and O–H groups in total. The Balaban J connectivity index is 1.83. The van der Waals surface area contributed by atoms with E-state index < -0.39 is 17.7 Å². The summed E-state index contributed by atoms with van der Waals surface area (Å²) in [7, 11) is 0. The van der Waals surface area contributed by atoms with Gasteiger partial charge in [-0.15, -0.1) is 0 Å². The summed E-state index contributed by atoms with van der Waals surface area (Å²) in [4.78, 5) is 9.94. The molecule has 2 aromatic rings. The van der Waals surface area contributed by atoms with Crippen LogP contribution in [0.4, 0.5) is 8.78 Å². The van der Waals surface area contributed by atoms with Gasteiger partial charge in [0.2, 0.25) is 0 Å². The number of aliphatic hydroxyl groups excluding tert-OH is 1. The highest BCUT2D eigenvalue weighted by atomic mass is 19.2. The van der Waals surface area contributed by atoms with Gasteiger partial charge in [0.15, 0.2) is 11.6 Å². The highest BCUT2D eigenvalue weighted by molar-refractivity contribution is 5.23. The van der Waals surface area contributed by atoms with E-state index in [1.165, 1.54) is 12.4 Å². The minimum Gasteiger partial charge on any atom is -0.392 e. The van der Waals surface area contributed by atoms with Gasteiger partial charge >= 0.3 is 0 Å². The lowest BCUT2D eigenvalue weighted by Crippen LogP contribution is -2.24. The van der Waals surface area contributed by atoms with Crippen LogP contribution in [0, 0.1) is 11.6 Å². The predicted molar refractivity (Wildman–Crippen MR) is 72.2 cm³/mol. The van der Waals surface area contributed by atoms with Crippen molar-refractivity contribution in [1.82, 2.24) is 14.9 Å². The number of rotatable bonds is 3. The zero-order chi connectivity index (χ0) is 14.8. The van der Waals surface area contributed by atoms with Crippen molar-refractivity contribution in [2.45, 2.75) is 25.1 Å². The maximum Gasteiger partial charge on any atom is 0.159 e. The van der Waals surface area contributed by atoms with Crippen LogP contribution >= 0.6 is 0 Å². The molecular weight excluding hydrogens is 276 g/mol. The van der Waals surface area contributed by atoms with Crippen molar-refractivity contribution in [2.75, 3.05) is 6.54 Å². The first-order chi connectivity index (χ1) is 10.1. The number of halogens is 2. The molecule has 0 radical (unpaired) electrons. The van der Waals surface area contributed by atoms with E-state index in [4.69, 9.17) is 0 Å². The van der Waals surface area contributed by atoms with Crippen molar-refractivity contribution in [3.8, 4) is 0 Å². The molecule has 0 saturated carbocycles. The molecule has 1 saturated heterocycles. The zero-order valence-electron chi connectivity index (χ0n) is 11.3. The Morgan fingerprint density at radius 1 is 1.19 bits per heavy atom. The Morgan fingerprint density at radius 2 is 1.95 bits per heavy atom. The fourth-order valence-corrected chi connectivity index (χ4v) is 2.77. The molecular formula is C15H15F2N3O. The maximum absolute atomic E-state index is 13.4. The van der Waals surface area contributed by atoms with Crippen LogP contribution in [0.25, 0.3) is 0 Å². The third kappa shape index (κ3) is 3.06.